The van der Waals surface area contributed by atoms with E-state index in [2.05, 4.69) is 22.4 Å². The first kappa shape index (κ1) is 15.0. The summed E-state index contributed by atoms with van der Waals surface area (Å²) in [6.07, 6.45) is 4.81. The van der Waals surface area contributed by atoms with Gasteiger partial charge in [-0.15, -0.1) is 0 Å². The smallest absolute Gasteiger partial charge is 0.241 e. The lowest BCUT2D eigenvalue weighted by Crippen LogP contribution is -2.21. The van der Waals surface area contributed by atoms with Crippen molar-refractivity contribution in [1.29, 1.82) is 0 Å². The Bertz CT molecular complexity index is 756. The zero-order valence-corrected chi connectivity index (χ0v) is 13.0. The lowest BCUT2D eigenvalue weighted by molar-refractivity contribution is 0.536. The quantitative estimate of drug-likeness (QED) is 0.855. The van der Waals surface area contributed by atoms with Gasteiger partial charge in [-0.25, -0.2) is 18.5 Å². The topological polar surface area (TPSA) is 85.1 Å². The predicted molar refractivity (Wildman–Crippen MR) is 85.9 cm³/mol. The van der Waals surface area contributed by atoms with E-state index in [1.54, 1.807) is 12.3 Å². The molecule has 1 aromatic carbocycles. The second-order valence-corrected chi connectivity index (χ2v) is 7.44. The largest absolute Gasteiger partial charge is 0.368 e. The van der Waals surface area contributed by atoms with Gasteiger partial charge in [0.25, 0.3) is 0 Å². The highest BCUT2D eigenvalue weighted by Crippen LogP contribution is 2.48. The van der Waals surface area contributed by atoms with E-state index in [-0.39, 0.29) is 10.3 Å². The van der Waals surface area contributed by atoms with Gasteiger partial charge in [0.05, 0.1) is 0 Å². The van der Waals surface area contributed by atoms with Crippen molar-refractivity contribution in [2.75, 3.05) is 11.9 Å². The number of hydrogen-bond donors (Lipinski definition) is 2. The first-order valence-corrected chi connectivity index (χ1v) is 8.79. The number of pyridine rings is 1. The number of nitrogens with zero attached hydrogens (tertiary/aromatic N) is 1. The van der Waals surface area contributed by atoms with Crippen LogP contribution in [0.5, 0.6) is 0 Å². The maximum Gasteiger partial charge on any atom is 0.241 e. The molecule has 1 aliphatic carbocycles. The molecule has 0 amide bonds. The molecule has 1 aromatic heterocycles. The van der Waals surface area contributed by atoms with Crippen LogP contribution in [0, 0.1) is 5.41 Å². The van der Waals surface area contributed by atoms with Gasteiger partial charge in [0.15, 0.2) is 0 Å². The van der Waals surface area contributed by atoms with Crippen molar-refractivity contribution in [2.24, 2.45) is 10.6 Å². The van der Waals surface area contributed by atoms with E-state index < -0.39 is 10.0 Å². The zero-order chi connectivity index (χ0) is 15.6. The van der Waals surface area contributed by atoms with Crippen LogP contribution in [0.3, 0.4) is 0 Å². The minimum atomic E-state index is -3.76. The van der Waals surface area contributed by atoms with Crippen LogP contribution in [0.2, 0.25) is 0 Å². The van der Waals surface area contributed by atoms with Gasteiger partial charge in [0.2, 0.25) is 10.0 Å². The third kappa shape index (κ3) is 3.45. The van der Waals surface area contributed by atoms with E-state index in [0.29, 0.717) is 12.4 Å². The standard InChI is InChI=1S/C16H19N3O2S/c17-22(20,21)14-7-4-10-18-15(14)19-12-16(8-9-16)11-13-5-2-1-3-6-13/h1-7,10H,8-9,11-12H2,(H,18,19)(H2,17,20,21). The molecule has 0 saturated heterocycles. The summed E-state index contributed by atoms with van der Waals surface area (Å²) in [5.74, 6) is 0.337. The maximum atomic E-state index is 11.6. The highest BCUT2D eigenvalue weighted by Gasteiger charge is 2.42. The average Bonchev–Trinajstić information content (AvgIpc) is 3.26. The number of anilines is 1. The summed E-state index contributed by atoms with van der Waals surface area (Å²) in [7, 11) is -3.76. The van der Waals surface area contributed by atoms with Crippen molar-refractivity contribution in [3.8, 4) is 0 Å². The van der Waals surface area contributed by atoms with Gasteiger partial charge in [-0.1, -0.05) is 30.3 Å². The predicted octanol–water partition coefficient (Wildman–Crippen LogP) is 2.16. The molecule has 0 spiro atoms. The molecule has 0 atom stereocenters. The molecular formula is C16H19N3O2S. The highest BCUT2D eigenvalue weighted by molar-refractivity contribution is 7.89. The summed E-state index contributed by atoms with van der Waals surface area (Å²) >= 11 is 0. The number of benzene rings is 1. The van der Waals surface area contributed by atoms with Crippen molar-refractivity contribution in [3.63, 3.8) is 0 Å². The molecule has 0 aliphatic heterocycles. The van der Waals surface area contributed by atoms with E-state index in [4.69, 9.17) is 5.14 Å². The normalized spacial score (nSPS) is 16.2. The molecule has 0 unspecified atom stereocenters. The zero-order valence-electron chi connectivity index (χ0n) is 12.2. The molecule has 22 heavy (non-hydrogen) atoms. The maximum absolute atomic E-state index is 11.6. The highest BCUT2D eigenvalue weighted by atomic mass is 32.2. The van der Waals surface area contributed by atoms with Crippen LogP contribution in [0.1, 0.15) is 18.4 Å². The summed E-state index contributed by atoms with van der Waals surface area (Å²) in [4.78, 5) is 4.16. The number of aromatic nitrogens is 1. The van der Waals surface area contributed by atoms with Crippen molar-refractivity contribution in [1.82, 2.24) is 4.98 Å². The minimum absolute atomic E-state index is 0.0468. The second-order valence-electron chi connectivity index (χ2n) is 5.91. The molecule has 2 aromatic rings. The number of nitrogens with one attached hydrogen (secondary N) is 1. The van der Waals surface area contributed by atoms with Crippen LogP contribution in [0.25, 0.3) is 0 Å². The van der Waals surface area contributed by atoms with Gasteiger partial charge in [-0.05, 0) is 42.4 Å². The Morgan fingerprint density at radius 1 is 1.14 bits per heavy atom. The van der Waals surface area contributed by atoms with Crippen LogP contribution in [-0.2, 0) is 16.4 Å². The number of sulfonamides is 1. The molecule has 1 fully saturated rings. The Labute approximate surface area is 130 Å². The molecule has 3 N–H and O–H groups in total. The van der Waals surface area contributed by atoms with Crippen LogP contribution in [0.15, 0.2) is 53.6 Å². The molecule has 1 aliphatic rings. The summed E-state index contributed by atoms with van der Waals surface area (Å²) in [6, 6.07) is 13.4. The van der Waals surface area contributed by atoms with E-state index >= 15 is 0 Å². The molecule has 1 saturated carbocycles. The number of hydrogen-bond acceptors (Lipinski definition) is 4. The molecular weight excluding hydrogens is 298 g/mol. The van der Waals surface area contributed by atoms with Crippen molar-refractivity contribution in [3.05, 3.63) is 54.2 Å². The minimum Gasteiger partial charge on any atom is -0.368 e. The number of primary sulfonamides is 1. The Morgan fingerprint density at radius 3 is 2.50 bits per heavy atom. The van der Waals surface area contributed by atoms with Crippen molar-refractivity contribution < 1.29 is 8.42 Å². The van der Waals surface area contributed by atoms with Gasteiger partial charge in [-0.3, -0.25) is 0 Å². The fourth-order valence-corrected chi connectivity index (χ4v) is 3.31. The van der Waals surface area contributed by atoms with Crippen LogP contribution in [-0.4, -0.2) is 19.9 Å². The fraction of sp³-hybridized carbons (Fsp3) is 0.312. The van der Waals surface area contributed by atoms with Crippen LogP contribution >= 0.6 is 0 Å². The van der Waals surface area contributed by atoms with E-state index in [1.807, 2.05) is 18.2 Å². The fourth-order valence-electron chi connectivity index (χ4n) is 2.65. The van der Waals surface area contributed by atoms with Gasteiger partial charge in [0.1, 0.15) is 10.7 Å². The lowest BCUT2D eigenvalue weighted by atomic mass is 9.96. The second kappa shape index (κ2) is 5.70. The van der Waals surface area contributed by atoms with Crippen LogP contribution < -0.4 is 10.5 Å². The SMILES string of the molecule is NS(=O)(=O)c1cccnc1NCC1(Cc2ccccc2)CC1. The van der Waals surface area contributed by atoms with Crippen molar-refractivity contribution in [2.45, 2.75) is 24.2 Å². The molecule has 116 valence electrons. The Hall–Kier alpha value is -1.92. The molecule has 6 heteroatoms. The summed E-state index contributed by atoms with van der Waals surface area (Å²) in [5, 5.41) is 8.40. The van der Waals surface area contributed by atoms with E-state index in [0.717, 1.165) is 19.3 Å². The average molecular weight is 317 g/mol. The third-order valence-corrected chi connectivity index (χ3v) is 5.03. The Kier molecular flexibility index (Phi) is 3.88. The van der Waals surface area contributed by atoms with Gasteiger partial charge in [0, 0.05) is 12.7 Å². The molecule has 3 rings (SSSR count). The molecule has 5 nitrogen and oxygen atoms in total. The monoisotopic (exact) mass is 317 g/mol. The number of rotatable bonds is 6. The summed E-state index contributed by atoms with van der Waals surface area (Å²) < 4.78 is 23.2. The summed E-state index contributed by atoms with van der Waals surface area (Å²) in [6.45, 7) is 0.696. The van der Waals surface area contributed by atoms with Crippen LogP contribution in [0.4, 0.5) is 5.82 Å². The lowest BCUT2D eigenvalue weighted by Gasteiger charge is -2.17. The van der Waals surface area contributed by atoms with Gasteiger partial charge < -0.3 is 5.32 Å². The molecule has 0 radical (unpaired) electrons. The first-order valence-electron chi connectivity index (χ1n) is 7.24. The van der Waals surface area contributed by atoms with E-state index in [9.17, 15) is 8.42 Å². The first-order chi connectivity index (χ1) is 10.5. The van der Waals surface area contributed by atoms with Gasteiger partial charge >= 0.3 is 0 Å². The van der Waals surface area contributed by atoms with Gasteiger partial charge in [-0.2, -0.15) is 0 Å². The number of nitrogens with two attached hydrogens (primary N) is 1. The Balaban J connectivity index is 1.71. The van der Waals surface area contributed by atoms with E-state index in [1.165, 1.54) is 11.6 Å². The molecule has 0 bridgehead atoms. The van der Waals surface area contributed by atoms with Crippen molar-refractivity contribution >= 4 is 15.8 Å². The summed E-state index contributed by atoms with van der Waals surface area (Å²) in [5.41, 5.74) is 1.49. The third-order valence-electron chi connectivity index (χ3n) is 4.09. The molecule has 1 heterocycles. The Morgan fingerprint density at radius 2 is 1.86 bits per heavy atom.